The fraction of sp³-hybridized carbons (Fsp3) is 1.00. The van der Waals surface area contributed by atoms with Crippen LogP contribution < -0.4 is 0 Å². The average molecular weight is 213 g/mol. The summed E-state index contributed by atoms with van der Waals surface area (Å²) in [5.74, 6) is 0. The van der Waals surface area contributed by atoms with Crippen LogP contribution in [0.15, 0.2) is 0 Å². The van der Waals surface area contributed by atoms with Gasteiger partial charge in [-0.1, -0.05) is 0 Å². The summed E-state index contributed by atoms with van der Waals surface area (Å²) < 4.78 is 36.2. The molecule has 1 heterocycles. The van der Waals surface area contributed by atoms with Crippen LogP contribution in [0.25, 0.3) is 0 Å². The van der Waals surface area contributed by atoms with E-state index in [9.17, 15) is 8.42 Å². The lowest BCUT2D eigenvalue weighted by Gasteiger charge is -1.92. The zero-order valence-corrected chi connectivity index (χ0v) is 8.74. The smallest absolute Gasteiger partial charge is 0.371 e. The van der Waals surface area contributed by atoms with Crippen LogP contribution in [-0.2, 0) is 19.3 Å². The first-order valence-corrected chi connectivity index (χ1v) is 5.02. The van der Waals surface area contributed by atoms with Gasteiger partial charge in [-0.05, 0) is 21.1 Å². The van der Waals surface area contributed by atoms with Gasteiger partial charge in [-0.2, -0.15) is 8.42 Å². The highest BCUT2D eigenvalue weighted by atomic mass is 32.3. The Hall–Kier alpha value is -0.210. The highest BCUT2D eigenvalue weighted by Gasteiger charge is 2.24. The van der Waals surface area contributed by atoms with Gasteiger partial charge in [-0.3, -0.25) is 4.55 Å². The zero-order valence-electron chi connectivity index (χ0n) is 7.93. The number of hydrogen-bond donors (Lipinski definition) is 1. The normalized spacial score (nSPS) is 20.8. The molecule has 1 aliphatic heterocycles. The van der Waals surface area contributed by atoms with Crippen LogP contribution in [0.1, 0.15) is 0 Å². The molecule has 1 fully saturated rings. The first-order chi connectivity index (χ1) is 5.81. The Balaban J connectivity index is 0.000000310. The largest absolute Gasteiger partial charge is 0.397 e. The number of hydrogen-bond acceptors (Lipinski definition) is 5. The van der Waals surface area contributed by atoms with Crippen LogP contribution in [0.3, 0.4) is 0 Å². The van der Waals surface area contributed by atoms with E-state index in [1.54, 1.807) is 0 Å². The van der Waals surface area contributed by atoms with E-state index in [1.165, 1.54) is 0 Å². The molecule has 0 bridgehead atoms. The molecule has 0 radical (unpaired) electrons. The van der Waals surface area contributed by atoms with Crippen LogP contribution in [0.2, 0.25) is 0 Å². The fourth-order valence-electron chi connectivity index (χ4n) is 0.326. The summed E-state index contributed by atoms with van der Waals surface area (Å²) in [5.41, 5.74) is 0. The van der Waals surface area contributed by atoms with E-state index in [-0.39, 0.29) is 12.7 Å². The quantitative estimate of drug-likeness (QED) is 0.497. The third-order valence-corrected chi connectivity index (χ3v) is 1.24. The molecule has 0 saturated carbocycles. The predicted molar refractivity (Wildman–Crippen MR) is 46.9 cm³/mol. The van der Waals surface area contributed by atoms with Crippen LogP contribution in [0.5, 0.6) is 0 Å². The molecule has 0 aromatic carbocycles. The van der Waals surface area contributed by atoms with Gasteiger partial charge in [0.15, 0.2) is 0 Å². The lowest BCUT2D eigenvalue weighted by molar-refractivity contribution is 0.236. The van der Waals surface area contributed by atoms with Gasteiger partial charge in [0.25, 0.3) is 0 Å². The summed E-state index contributed by atoms with van der Waals surface area (Å²) in [6.45, 7) is 0.425. The van der Waals surface area contributed by atoms with E-state index < -0.39 is 10.4 Å². The molecule has 7 heteroatoms. The highest BCUT2D eigenvalue weighted by molar-refractivity contribution is 7.80. The summed E-state index contributed by atoms with van der Waals surface area (Å²) in [4.78, 5) is 2.00. The Bertz CT molecular complexity index is 218. The Morgan fingerprint density at radius 2 is 1.92 bits per heavy atom. The third-order valence-electron chi connectivity index (χ3n) is 0.805. The van der Waals surface area contributed by atoms with Gasteiger partial charge in [-0.15, -0.1) is 0 Å². The maximum absolute atomic E-state index is 9.84. The summed E-state index contributed by atoms with van der Waals surface area (Å²) >= 11 is 0. The van der Waals surface area contributed by atoms with Crippen LogP contribution >= 0.6 is 0 Å². The van der Waals surface area contributed by atoms with Crippen LogP contribution in [-0.4, -0.2) is 58.3 Å². The molecule has 6 nitrogen and oxygen atoms in total. The van der Waals surface area contributed by atoms with Crippen molar-refractivity contribution in [1.82, 2.24) is 4.90 Å². The molecule has 1 atom stereocenters. The number of ether oxygens (including phenoxy) is 1. The topological polar surface area (TPSA) is 79.4 Å². The first-order valence-electron chi connectivity index (χ1n) is 3.65. The zero-order chi connectivity index (χ0) is 10.5. The second kappa shape index (κ2) is 5.51. The van der Waals surface area contributed by atoms with Gasteiger partial charge in [0.1, 0.15) is 6.10 Å². The fourth-order valence-corrected chi connectivity index (χ4v) is 0.650. The molecule has 0 spiro atoms. The molecule has 0 aliphatic carbocycles. The van der Waals surface area contributed by atoms with E-state index in [0.29, 0.717) is 6.61 Å². The minimum atomic E-state index is -4.26. The van der Waals surface area contributed by atoms with Gasteiger partial charge in [0.2, 0.25) is 0 Å². The Labute approximate surface area is 78.4 Å². The minimum absolute atomic E-state index is 0.0845. The maximum atomic E-state index is 9.84. The molecule has 1 rings (SSSR count). The Morgan fingerprint density at radius 3 is 2.15 bits per heavy atom. The van der Waals surface area contributed by atoms with Gasteiger partial charge >= 0.3 is 10.4 Å². The van der Waals surface area contributed by atoms with E-state index in [1.807, 2.05) is 26.0 Å². The molecular formula is C6H15NO5S. The second-order valence-corrected chi connectivity index (χ2v) is 4.10. The van der Waals surface area contributed by atoms with Crippen molar-refractivity contribution < 1.29 is 21.9 Å². The molecule has 80 valence electrons. The van der Waals surface area contributed by atoms with Crippen molar-refractivity contribution in [3.8, 4) is 0 Å². The molecular weight excluding hydrogens is 198 g/mol. The highest BCUT2D eigenvalue weighted by Crippen LogP contribution is 2.09. The van der Waals surface area contributed by atoms with Crippen molar-refractivity contribution in [2.75, 3.05) is 34.4 Å². The molecule has 1 saturated heterocycles. The summed E-state index contributed by atoms with van der Waals surface area (Å²) in [7, 11) is 1.74. The van der Waals surface area contributed by atoms with Crippen molar-refractivity contribution >= 4 is 10.4 Å². The van der Waals surface area contributed by atoms with Gasteiger partial charge in [0.05, 0.1) is 13.2 Å². The van der Waals surface area contributed by atoms with Crippen molar-refractivity contribution in [2.45, 2.75) is 6.10 Å². The molecule has 0 amide bonds. The summed E-state index contributed by atoms with van der Waals surface area (Å²) in [6.07, 6.45) is -0.146. The number of epoxide rings is 1. The monoisotopic (exact) mass is 213 g/mol. The predicted octanol–water partition coefficient (Wildman–Crippen LogP) is -0.618. The average Bonchev–Trinajstić information content (AvgIpc) is 2.61. The lowest BCUT2D eigenvalue weighted by Crippen LogP contribution is -2.08. The molecule has 0 aromatic rings. The van der Waals surface area contributed by atoms with Gasteiger partial charge in [-0.25, -0.2) is 4.18 Å². The second-order valence-electron chi connectivity index (χ2n) is 3.01. The van der Waals surface area contributed by atoms with Crippen molar-refractivity contribution in [3.05, 3.63) is 0 Å². The molecule has 13 heavy (non-hydrogen) atoms. The van der Waals surface area contributed by atoms with E-state index in [0.717, 1.165) is 0 Å². The molecule has 1 N–H and O–H groups in total. The Morgan fingerprint density at radius 1 is 1.54 bits per heavy atom. The maximum Gasteiger partial charge on any atom is 0.397 e. The molecule has 1 aliphatic rings. The Kier molecular flexibility index (Phi) is 5.42. The van der Waals surface area contributed by atoms with Crippen molar-refractivity contribution in [2.24, 2.45) is 0 Å². The van der Waals surface area contributed by atoms with Crippen LogP contribution in [0, 0.1) is 0 Å². The van der Waals surface area contributed by atoms with E-state index >= 15 is 0 Å². The van der Waals surface area contributed by atoms with Gasteiger partial charge < -0.3 is 9.64 Å². The molecule has 1 unspecified atom stereocenters. The summed E-state index contributed by atoms with van der Waals surface area (Å²) in [6, 6.07) is 0. The summed E-state index contributed by atoms with van der Waals surface area (Å²) in [5, 5.41) is 0. The third kappa shape index (κ3) is 14.6. The van der Waals surface area contributed by atoms with Crippen LogP contribution in [0.4, 0.5) is 0 Å². The number of rotatable bonds is 3. The minimum Gasteiger partial charge on any atom is -0.371 e. The standard InChI is InChI=1S/C3H9N.C3H6O5S/c1-4(2)3;4-9(5,6)8-2-3-1-7-3/h1-3H3;3H,1-2H2,(H,4,5,6). The number of nitrogens with zero attached hydrogens (tertiary/aromatic N) is 1. The first kappa shape index (κ1) is 12.8. The lowest BCUT2D eigenvalue weighted by atomic mass is 10.5. The van der Waals surface area contributed by atoms with Gasteiger partial charge in [0, 0.05) is 0 Å². The van der Waals surface area contributed by atoms with Crippen molar-refractivity contribution in [1.29, 1.82) is 0 Å². The van der Waals surface area contributed by atoms with Crippen molar-refractivity contribution in [3.63, 3.8) is 0 Å². The SMILES string of the molecule is CN(C)C.O=S(=O)(O)OCC1CO1. The van der Waals surface area contributed by atoms with E-state index in [4.69, 9.17) is 4.55 Å². The van der Waals surface area contributed by atoms with E-state index in [2.05, 4.69) is 8.92 Å². The molecule has 0 aromatic heterocycles.